The van der Waals surface area contributed by atoms with E-state index < -0.39 is 0 Å². The summed E-state index contributed by atoms with van der Waals surface area (Å²) in [6.45, 7) is 0.616. The maximum atomic E-state index is 11.8. The van der Waals surface area contributed by atoms with E-state index in [1.807, 2.05) is 7.05 Å². The molecule has 0 radical (unpaired) electrons. The minimum atomic E-state index is -0.0664. The molecule has 2 aromatic rings. The van der Waals surface area contributed by atoms with E-state index in [1.54, 1.807) is 6.07 Å². The summed E-state index contributed by atoms with van der Waals surface area (Å²) >= 11 is 0. The number of H-pyrrole nitrogens is 1. The lowest BCUT2D eigenvalue weighted by atomic mass is 9.82. The summed E-state index contributed by atoms with van der Waals surface area (Å²) in [5.74, 6) is 1.01. The van der Waals surface area contributed by atoms with Crippen LogP contribution in [0.15, 0.2) is 35.1 Å². The second-order valence-corrected chi connectivity index (χ2v) is 5.30. The molecular formula is C16H19N3O. The molecule has 1 atom stereocenters. The Labute approximate surface area is 118 Å². The number of rotatable bonds is 3. The average molecular weight is 269 g/mol. The van der Waals surface area contributed by atoms with Gasteiger partial charge < -0.3 is 10.3 Å². The van der Waals surface area contributed by atoms with Gasteiger partial charge in [0, 0.05) is 18.5 Å². The van der Waals surface area contributed by atoms with Gasteiger partial charge in [-0.05, 0) is 37.4 Å². The van der Waals surface area contributed by atoms with Crippen LogP contribution in [-0.2, 0) is 13.0 Å². The summed E-state index contributed by atoms with van der Waals surface area (Å²) < 4.78 is 0. The molecule has 0 bridgehead atoms. The van der Waals surface area contributed by atoms with Gasteiger partial charge in [0.2, 0.25) is 0 Å². The molecule has 0 aliphatic heterocycles. The van der Waals surface area contributed by atoms with Crippen molar-refractivity contribution in [1.29, 1.82) is 0 Å². The smallest absolute Gasteiger partial charge is 0.251 e. The van der Waals surface area contributed by atoms with E-state index in [0.29, 0.717) is 6.54 Å². The predicted molar refractivity (Wildman–Crippen MR) is 78.8 cm³/mol. The standard InChI is InChI=1S/C16H19N3O/c1-17-10-12-9-15(20)19-16(18-12)14-8-4-6-11-5-2-3-7-13(11)14/h2-3,5,7,9,14,17H,4,6,8,10H2,1H3,(H,18,19,20). The number of nitrogens with zero attached hydrogens (tertiary/aromatic N) is 1. The van der Waals surface area contributed by atoms with E-state index in [-0.39, 0.29) is 11.5 Å². The molecule has 1 unspecified atom stereocenters. The molecule has 1 aliphatic carbocycles. The number of fused-ring (bicyclic) bond motifs is 1. The lowest BCUT2D eigenvalue weighted by Gasteiger charge is -2.24. The molecule has 20 heavy (non-hydrogen) atoms. The number of hydrogen-bond donors (Lipinski definition) is 2. The third-order valence-electron chi connectivity index (χ3n) is 3.87. The zero-order chi connectivity index (χ0) is 13.9. The second-order valence-electron chi connectivity index (χ2n) is 5.30. The van der Waals surface area contributed by atoms with Crippen LogP contribution < -0.4 is 10.9 Å². The van der Waals surface area contributed by atoms with Crippen molar-refractivity contribution in [1.82, 2.24) is 15.3 Å². The van der Waals surface area contributed by atoms with Gasteiger partial charge >= 0.3 is 0 Å². The van der Waals surface area contributed by atoms with Crippen LogP contribution in [-0.4, -0.2) is 17.0 Å². The molecule has 0 amide bonds. The molecule has 104 valence electrons. The Morgan fingerprint density at radius 1 is 1.40 bits per heavy atom. The van der Waals surface area contributed by atoms with Crippen LogP contribution in [0.25, 0.3) is 0 Å². The summed E-state index contributed by atoms with van der Waals surface area (Å²) in [4.78, 5) is 19.4. The van der Waals surface area contributed by atoms with Gasteiger partial charge in [-0.2, -0.15) is 0 Å². The van der Waals surface area contributed by atoms with E-state index >= 15 is 0 Å². The van der Waals surface area contributed by atoms with Crippen molar-refractivity contribution in [3.63, 3.8) is 0 Å². The van der Waals surface area contributed by atoms with Crippen LogP contribution >= 0.6 is 0 Å². The van der Waals surface area contributed by atoms with Crippen LogP contribution in [0.2, 0.25) is 0 Å². The fourth-order valence-electron chi connectivity index (χ4n) is 3.00. The van der Waals surface area contributed by atoms with Crippen LogP contribution in [0.4, 0.5) is 0 Å². The van der Waals surface area contributed by atoms with Crippen molar-refractivity contribution >= 4 is 0 Å². The normalized spacial score (nSPS) is 17.8. The highest BCUT2D eigenvalue weighted by Crippen LogP contribution is 2.34. The van der Waals surface area contributed by atoms with Gasteiger partial charge in [-0.25, -0.2) is 4.98 Å². The summed E-state index contributed by atoms with van der Waals surface area (Å²) in [6, 6.07) is 10.0. The third kappa shape index (κ3) is 2.51. The van der Waals surface area contributed by atoms with E-state index in [4.69, 9.17) is 0 Å². The van der Waals surface area contributed by atoms with Crippen molar-refractivity contribution in [2.75, 3.05) is 7.05 Å². The fraction of sp³-hybridized carbons (Fsp3) is 0.375. The minimum absolute atomic E-state index is 0.0664. The predicted octanol–water partition coefficient (Wildman–Crippen LogP) is 1.96. The summed E-state index contributed by atoms with van der Waals surface area (Å²) in [6.07, 6.45) is 3.30. The molecule has 1 aliphatic rings. The van der Waals surface area contributed by atoms with Crippen molar-refractivity contribution in [2.24, 2.45) is 0 Å². The fourth-order valence-corrected chi connectivity index (χ4v) is 3.00. The Morgan fingerprint density at radius 3 is 3.10 bits per heavy atom. The largest absolute Gasteiger partial charge is 0.314 e. The topological polar surface area (TPSA) is 57.8 Å². The Morgan fingerprint density at radius 2 is 2.25 bits per heavy atom. The van der Waals surface area contributed by atoms with Crippen molar-refractivity contribution < 1.29 is 0 Å². The molecule has 0 fully saturated rings. The molecule has 4 nitrogen and oxygen atoms in total. The molecule has 2 N–H and O–H groups in total. The molecule has 4 heteroatoms. The first kappa shape index (κ1) is 13.1. The molecule has 1 aromatic heterocycles. The summed E-state index contributed by atoms with van der Waals surface area (Å²) in [7, 11) is 1.86. The Balaban J connectivity index is 2.04. The van der Waals surface area contributed by atoms with Crippen molar-refractivity contribution in [2.45, 2.75) is 31.7 Å². The van der Waals surface area contributed by atoms with Crippen LogP contribution in [0, 0.1) is 0 Å². The SMILES string of the molecule is CNCc1cc(=O)[nH]c(C2CCCc3ccccc32)n1. The Kier molecular flexibility index (Phi) is 3.65. The average Bonchev–Trinajstić information content (AvgIpc) is 2.46. The van der Waals surface area contributed by atoms with E-state index in [2.05, 4.69) is 39.6 Å². The molecule has 1 aromatic carbocycles. The monoisotopic (exact) mass is 269 g/mol. The maximum Gasteiger partial charge on any atom is 0.251 e. The molecular weight excluding hydrogens is 250 g/mol. The zero-order valence-electron chi connectivity index (χ0n) is 11.6. The van der Waals surface area contributed by atoms with Gasteiger partial charge in [0.05, 0.1) is 5.69 Å². The number of aryl methyl sites for hydroxylation is 1. The molecule has 3 rings (SSSR count). The Hall–Kier alpha value is -1.94. The van der Waals surface area contributed by atoms with Gasteiger partial charge in [0.25, 0.3) is 5.56 Å². The van der Waals surface area contributed by atoms with Crippen molar-refractivity contribution in [3.8, 4) is 0 Å². The van der Waals surface area contributed by atoms with Gasteiger partial charge in [0.15, 0.2) is 0 Å². The third-order valence-corrected chi connectivity index (χ3v) is 3.87. The van der Waals surface area contributed by atoms with E-state index in [1.165, 1.54) is 11.1 Å². The lowest BCUT2D eigenvalue weighted by Crippen LogP contribution is -2.21. The molecule has 0 saturated carbocycles. The van der Waals surface area contributed by atoms with Crippen LogP contribution in [0.5, 0.6) is 0 Å². The number of nitrogens with one attached hydrogen (secondary N) is 2. The van der Waals surface area contributed by atoms with Crippen molar-refractivity contribution in [3.05, 3.63) is 63.3 Å². The number of aromatic amines is 1. The van der Waals surface area contributed by atoms with E-state index in [9.17, 15) is 4.79 Å². The van der Waals surface area contributed by atoms with Gasteiger partial charge in [-0.15, -0.1) is 0 Å². The highest BCUT2D eigenvalue weighted by Gasteiger charge is 2.23. The lowest BCUT2D eigenvalue weighted by molar-refractivity contribution is 0.583. The molecule has 0 spiro atoms. The minimum Gasteiger partial charge on any atom is -0.314 e. The zero-order valence-corrected chi connectivity index (χ0v) is 11.6. The maximum absolute atomic E-state index is 11.8. The summed E-state index contributed by atoms with van der Waals surface area (Å²) in [5, 5.41) is 3.05. The van der Waals surface area contributed by atoms with Crippen LogP contribution in [0.3, 0.4) is 0 Å². The number of benzene rings is 1. The second kappa shape index (κ2) is 5.59. The highest BCUT2D eigenvalue weighted by molar-refractivity contribution is 5.36. The van der Waals surface area contributed by atoms with Gasteiger partial charge in [-0.3, -0.25) is 4.79 Å². The first-order chi connectivity index (χ1) is 9.78. The van der Waals surface area contributed by atoms with Crippen LogP contribution in [0.1, 0.15) is 41.4 Å². The number of aromatic nitrogens is 2. The first-order valence-corrected chi connectivity index (χ1v) is 7.10. The van der Waals surface area contributed by atoms with Gasteiger partial charge in [-0.1, -0.05) is 24.3 Å². The Bertz CT molecular complexity index is 663. The number of hydrogen-bond acceptors (Lipinski definition) is 3. The first-order valence-electron chi connectivity index (χ1n) is 7.10. The highest BCUT2D eigenvalue weighted by atomic mass is 16.1. The summed E-state index contributed by atoms with van der Waals surface area (Å²) in [5.41, 5.74) is 3.42. The van der Waals surface area contributed by atoms with Gasteiger partial charge in [0.1, 0.15) is 5.82 Å². The van der Waals surface area contributed by atoms with E-state index in [0.717, 1.165) is 30.8 Å². The molecule has 0 saturated heterocycles. The molecule has 1 heterocycles. The quantitative estimate of drug-likeness (QED) is 0.895.